The van der Waals surface area contributed by atoms with Crippen LogP contribution in [0.25, 0.3) is 0 Å². The summed E-state index contributed by atoms with van der Waals surface area (Å²) in [5.41, 5.74) is 0.837. The minimum Gasteiger partial charge on any atom is -0.335 e. The predicted octanol–water partition coefficient (Wildman–Crippen LogP) is 3.77. The van der Waals surface area contributed by atoms with Crippen LogP contribution >= 0.6 is 46.1 Å². The quantitative estimate of drug-likeness (QED) is 0.857. The zero-order chi connectivity index (χ0) is 14.0. The van der Waals surface area contributed by atoms with Crippen LogP contribution in [0.3, 0.4) is 0 Å². The highest BCUT2D eigenvalue weighted by Gasteiger charge is 2.17. The molecule has 0 atom stereocenters. The van der Waals surface area contributed by atoms with Gasteiger partial charge < -0.3 is 4.90 Å². The molecule has 0 saturated heterocycles. The Morgan fingerprint density at radius 2 is 1.84 bits per heavy atom. The maximum absolute atomic E-state index is 12.0. The van der Waals surface area contributed by atoms with Crippen molar-refractivity contribution in [2.24, 2.45) is 0 Å². The van der Waals surface area contributed by atoms with Crippen molar-refractivity contribution in [3.8, 4) is 0 Å². The van der Waals surface area contributed by atoms with E-state index in [2.05, 4.69) is 10.2 Å². The fourth-order valence-corrected chi connectivity index (χ4v) is 2.90. The first-order chi connectivity index (χ1) is 8.95. The first-order valence-corrected chi connectivity index (χ1v) is 7.10. The lowest BCUT2D eigenvalue weighted by atomic mass is 10.2. The van der Waals surface area contributed by atoms with Crippen molar-refractivity contribution in [3.05, 3.63) is 43.3 Å². The molecule has 0 aliphatic heterocycles. The van der Waals surface area contributed by atoms with Gasteiger partial charge in [0, 0.05) is 23.6 Å². The van der Waals surface area contributed by atoms with Crippen molar-refractivity contribution in [2.75, 3.05) is 7.05 Å². The van der Waals surface area contributed by atoms with Crippen LogP contribution in [0.15, 0.2) is 18.2 Å². The Hall–Kier alpha value is -0.880. The highest BCUT2D eigenvalue weighted by atomic mass is 35.5. The van der Waals surface area contributed by atoms with Gasteiger partial charge in [0.05, 0.1) is 0 Å². The van der Waals surface area contributed by atoms with E-state index in [1.54, 1.807) is 25.2 Å². The molecule has 2 aromatic rings. The number of hydrogen-bond acceptors (Lipinski definition) is 4. The zero-order valence-corrected chi connectivity index (χ0v) is 12.8. The molecule has 0 aliphatic rings. The summed E-state index contributed by atoms with van der Waals surface area (Å²) in [6.07, 6.45) is 0. The van der Waals surface area contributed by atoms with E-state index in [0.29, 0.717) is 16.6 Å². The lowest BCUT2D eigenvalue weighted by Gasteiger charge is -2.15. The molecule has 0 saturated carbocycles. The summed E-state index contributed by atoms with van der Waals surface area (Å²) in [6.45, 7) is 0.371. The Morgan fingerprint density at radius 3 is 2.37 bits per heavy atom. The van der Waals surface area contributed by atoms with Crippen LogP contribution in [0.2, 0.25) is 14.5 Å². The number of nitrogens with zero attached hydrogens (tertiary/aromatic N) is 3. The molecule has 0 aliphatic carbocycles. The number of rotatable bonds is 3. The van der Waals surface area contributed by atoms with Gasteiger partial charge in [0.1, 0.15) is 0 Å². The van der Waals surface area contributed by atoms with Gasteiger partial charge in [-0.1, -0.05) is 34.5 Å². The van der Waals surface area contributed by atoms with E-state index in [0.717, 1.165) is 16.9 Å². The summed E-state index contributed by atoms with van der Waals surface area (Å²) < 4.78 is 0.238. The second-order valence-corrected chi connectivity index (χ2v) is 6.23. The summed E-state index contributed by atoms with van der Waals surface area (Å²) >= 11 is 18.5. The number of hydrogen-bond donors (Lipinski definition) is 0. The number of amides is 1. The molecule has 1 aromatic carbocycles. The topological polar surface area (TPSA) is 46.1 Å². The average Bonchev–Trinajstić information content (AvgIpc) is 2.73. The molecule has 0 fully saturated rings. The summed E-state index contributed by atoms with van der Waals surface area (Å²) in [5, 5.41) is 8.62. The number of carbonyl (C=O) groups excluding carboxylic acids is 1. The third-order valence-electron chi connectivity index (χ3n) is 2.27. The van der Waals surface area contributed by atoms with Crippen LogP contribution < -0.4 is 0 Å². The van der Waals surface area contributed by atoms with Crippen LogP contribution in [-0.4, -0.2) is 28.1 Å². The summed E-state index contributed by atoms with van der Waals surface area (Å²) in [7, 11) is 1.66. The fraction of sp³-hybridized carbons (Fsp3) is 0.182. The van der Waals surface area contributed by atoms with Gasteiger partial charge in [-0.2, -0.15) is 0 Å². The van der Waals surface area contributed by atoms with Crippen LogP contribution in [-0.2, 0) is 6.54 Å². The van der Waals surface area contributed by atoms with Gasteiger partial charge in [-0.25, -0.2) is 0 Å². The molecule has 0 bridgehead atoms. The smallest absolute Gasteiger partial charge is 0.284 e. The van der Waals surface area contributed by atoms with E-state index in [1.807, 2.05) is 0 Å². The van der Waals surface area contributed by atoms with Gasteiger partial charge in [-0.05, 0) is 35.4 Å². The molecule has 2 rings (SSSR count). The normalized spacial score (nSPS) is 10.5. The molecule has 1 aromatic heterocycles. The summed E-state index contributed by atoms with van der Waals surface area (Å²) in [5.74, 6) is -0.250. The highest BCUT2D eigenvalue weighted by Crippen LogP contribution is 2.21. The van der Waals surface area contributed by atoms with Crippen molar-refractivity contribution in [1.29, 1.82) is 0 Å². The van der Waals surface area contributed by atoms with Gasteiger partial charge in [-0.3, -0.25) is 4.79 Å². The lowest BCUT2D eigenvalue weighted by Crippen LogP contribution is -2.26. The molecule has 0 N–H and O–H groups in total. The largest absolute Gasteiger partial charge is 0.335 e. The highest BCUT2D eigenvalue weighted by molar-refractivity contribution is 7.17. The molecule has 1 amide bonds. The van der Waals surface area contributed by atoms with Crippen molar-refractivity contribution in [1.82, 2.24) is 15.1 Å². The number of benzene rings is 1. The number of carbonyl (C=O) groups is 1. The summed E-state index contributed by atoms with van der Waals surface area (Å²) in [6, 6.07) is 5.15. The Kier molecular flexibility index (Phi) is 4.62. The molecule has 100 valence electrons. The Labute approximate surface area is 128 Å². The second-order valence-electron chi connectivity index (χ2n) is 3.80. The zero-order valence-electron chi connectivity index (χ0n) is 9.73. The van der Waals surface area contributed by atoms with E-state index in [4.69, 9.17) is 34.8 Å². The first-order valence-electron chi connectivity index (χ1n) is 5.15. The molecule has 0 unspecified atom stereocenters. The van der Waals surface area contributed by atoms with Gasteiger partial charge in [0.15, 0.2) is 0 Å². The predicted molar refractivity (Wildman–Crippen MR) is 77.2 cm³/mol. The van der Waals surface area contributed by atoms with Crippen LogP contribution in [0, 0.1) is 0 Å². The average molecular weight is 337 g/mol. The molecule has 19 heavy (non-hydrogen) atoms. The fourth-order valence-electron chi connectivity index (χ4n) is 1.50. The molecule has 1 heterocycles. The maximum atomic E-state index is 12.0. The number of aromatic nitrogens is 2. The molecular formula is C11H8Cl3N3OS. The Bertz CT molecular complexity index is 597. The molecule has 0 radical (unpaired) electrons. The SMILES string of the molecule is CN(Cc1cc(Cl)cc(Cl)c1)C(=O)c1nnc(Cl)s1. The van der Waals surface area contributed by atoms with E-state index in [1.165, 1.54) is 4.90 Å². The standard InChI is InChI=1S/C11H8Cl3N3OS/c1-17(10(18)9-15-16-11(14)19-9)5-6-2-7(12)4-8(13)3-6/h2-4H,5H2,1H3. The lowest BCUT2D eigenvalue weighted by molar-refractivity contribution is 0.0784. The van der Waals surface area contributed by atoms with E-state index in [-0.39, 0.29) is 15.4 Å². The maximum Gasteiger partial charge on any atom is 0.284 e. The van der Waals surface area contributed by atoms with Gasteiger partial charge in [0.2, 0.25) is 9.47 Å². The van der Waals surface area contributed by atoms with Gasteiger partial charge in [0.25, 0.3) is 5.91 Å². The Balaban J connectivity index is 2.12. The molecule has 8 heteroatoms. The third kappa shape index (κ3) is 3.79. The van der Waals surface area contributed by atoms with Crippen LogP contribution in [0.4, 0.5) is 0 Å². The summed E-state index contributed by atoms with van der Waals surface area (Å²) in [4.78, 5) is 13.5. The first kappa shape index (κ1) is 14.5. The van der Waals surface area contributed by atoms with E-state index in [9.17, 15) is 4.79 Å². The third-order valence-corrected chi connectivity index (χ3v) is 3.72. The van der Waals surface area contributed by atoms with Crippen molar-refractivity contribution < 1.29 is 4.79 Å². The van der Waals surface area contributed by atoms with Gasteiger partial charge in [-0.15, -0.1) is 10.2 Å². The van der Waals surface area contributed by atoms with Crippen molar-refractivity contribution >= 4 is 52.0 Å². The molecule has 0 spiro atoms. The van der Waals surface area contributed by atoms with Crippen LogP contribution in [0.1, 0.15) is 15.4 Å². The second kappa shape index (κ2) is 6.05. The minimum atomic E-state index is -0.250. The van der Waals surface area contributed by atoms with E-state index >= 15 is 0 Å². The minimum absolute atomic E-state index is 0.238. The van der Waals surface area contributed by atoms with Crippen molar-refractivity contribution in [3.63, 3.8) is 0 Å². The van der Waals surface area contributed by atoms with Gasteiger partial charge >= 0.3 is 0 Å². The van der Waals surface area contributed by atoms with Crippen LogP contribution in [0.5, 0.6) is 0 Å². The molecular weight excluding hydrogens is 329 g/mol. The molecule has 4 nitrogen and oxygen atoms in total. The monoisotopic (exact) mass is 335 g/mol. The Morgan fingerprint density at radius 1 is 1.21 bits per heavy atom. The number of halogens is 3. The van der Waals surface area contributed by atoms with Crippen molar-refractivity contribution in [2.45, 2.75) is 6.54 Å². The van der Waals surface area contributed by atoms with E-state index < -0.39 is 0 Å².